The van der Waals surface area contributed by atoms with Gasteiger partial charge in [-0.2, -0.15) is 11.8 Å². The standard InChI is InChI=1S/C8H13NS2.C2H7N/c1-7-2-3-8(11-7)6-10-5-4-9;1-3-2/h2-3H,4-6,9H2,1H3;3H,1-2H3. The van der Waals surface area contributed by atoms with Crippen LogP contribution in [-0.2, 0) is 5.75 Å². The normalized spacial score (nSPS) is 9.43. The van der Waals surface area contributed by atoms with Crippen LogP contribution in [0.3, 0.4) is 0 Å². The fourth-order valence-electron chi connectivity index (χ4n) is 0.819. The van der Waals surface area contributed by atoms with E-state index in [4.69, 9.17) is 5.73 Å². The van der Waals surface area contributed by atoms with Crippen molar-refractivity contribution in [3.05, 3.63) is 21.9 Å². The molecule has 0 spiro atoms. The molecule has 14 heavy (non-hydrogen) atoms. The lowest BCUT2D eigenvalue weighted by Crippen LogP contribution is -2.00. The van der Waals surface area contributed by atoms with E-state index >= 15 is 0 Å². The average Bonchev–Trinajstić information content (AvgIpc) is 2.53. The summed E-state index contributed by atoms with van der Waals surface area (Å²) in [5, 5.41) is 2.75. The molecule has 0 aromatic carbocycles. The first kappa shape index (κ1) is 14.0. The zero-order valence-corrected chi connectivity index (χ0v) is 10.8. The molecule has 2 nitrogen and oxygen atoms in total. The van der Waals surface area contributed by atoms with Crippen LogP contribution < -0.4 is 11.1 Å². The minimum Gasteiger partial charge on any atom is -0.330 e. The smallest absolute Gasteiger partial charge is 0.0279 e. The van der Waals surface area contributed by atoms with Crippen LogP contribution in [0.5, 0.6) is 0 Å². The highest BCUT2D eigenvalue weighted by Crippen LogP contribution is 2.20. The molecule has 1 aromatic heterocycles. The third-order valence-corrected chi connectivity index (χ3v) is 3.53. The van der Waals surface area contributed by atoms with E-state index in [0.717, 1.165) is 18.1 Å². The van der Waals surface area contributed by atoms with Crippen LogP contribution in [0.15, 0.2) is 12.1 Å². The van der Waals surface area contributed by atoms with Crippen LogP contribution in [0, 0.1) is 6.92 Å². The van der Waals surface area contributed by atoms with Crippen LogP contribution in [-0.4, -0.2) is 26.4 Å². The second-order valence-electron chi connectivity index (χ2n) is 2.85. The summed E-state index contributed by atoms with van der Waals surface area (Å²) in [7, 11) is 3.75. The van der Waals surface area contributed by atoms with Crippen LogP contribution in [0.4, 0.5) is 0 Å². The van der Waals surface area contributed by atoms with E-state index in [1.165, 1.54) is 9.75 Å². The minimum atomic E-state index is 0.787. The first-order chi connectivity index (χ1) is 6.74. The van der Waals surface area contributed by atoms with Crippen molar-refractivity contribution < 1.29 is 0 Å². The van der Waals surface area contributed by atoms with E-state index in [2.05, 4.69) is 24.4 Å². The molecule has 4 heteroatoms. The Balaban J connectivity index is 0.000000500. The SMILES string of the molecule is CNC.Cc1ccc(CSCCN)s1. The van der Waals surface area contributed by atoms with E-state index in [1.807, 2.05) is 37.2 Å². The molecule has 0 bridgehead atoms. The van der Waals surface area contributed by atoms with Gasteiger partial charge in [-0.05, 0) is 33.2 Å². The highest BCUT2D eigenvalue weighted by Gasteiger charge is 1.95. The van der Waals surface area contributed by atoms with Gasteiger partial charge in [-0.25, -0.2) is 0 Å². The van der Waals surface area contributed by atoms with Gasteiger partial charge in [0.05, 0.1) is 0 Å². The lowest BCUT2D eigenvalue weighted by atomic mass is 10.5. The van der Waals surface area contributed by atoms with Crippen molar-refractivity contribution in [3.63, 3.8) is 0 Å². The molecule has 0 aliphatic heterocycles. The Morgan fingerprint density at radius 1 is 1.43 bits per heavy atom. The monoisotopic (exact) mass is 232 g/mol. The van der Waals surface area contributed by atoms with E-state index in [9.17, 15) is 0 Å². The van der Waals surface area contributed by atoms with Crippen molar-refractivity contribution in [1.82, 2.24) is 5.32 Å². The molecule has 0 saturated carbocycles. The van der Waals surface area contributed by atoms with Crippen molar-refractivity contribution in [2.45, 2.75) is 12.7 Å². The number of thiophene rings is 1. The van der Waals surface area contributed by atoms with Crippen LogP contribution in [0.1, 0.15) is 9.75 Å². The molecule has 1 aromatic rings. The number of rotatable bonds is 4. The summed E-state index contributed by atoms with van der Waals surface area (Å²) in [6, 6.07) is 4.37. The Morgan fingerprint density at radius 3 is 2.50 bits per heavy atom. The molecule has 1 heterocycles. The summed E-state index contributed by atoms with van der Waals surface area (Å²) in [4.78, 5) is 2.86. The van der Waals surface area contributed by atoms with Gasteiger partial charge in [0.1, 0.15) is 0 Å². The van der Waals surface area contributed by atoms with Gasteiger partial charge in [-0.3, -0.25) is 0 Å². The fourth-order valence-corrected chi connectivity index (χ4v) is 2.60. The zero-order chi connectivity index (χ0) is 10.8. The first-order valence-corrected chi connectivity index (χ1v) is 6.63. The molecule has 0 radical (unpaired) electrons. The topological polar surface area (TPSA) is 38.0 Å². The first-order valence-electron chi connectivity index (χ1n) is 4.66. The third kappa shape index (κ3) is 7.38. The molecule has 0 saturated heterocycles. The predicted octanol–water partition coefficient (Wildman–Crippen LogP) is 2.08. The van der Waals surface area contributed by atoms with Gasteiger partial charge in [0.2, 0.25) is 0 Å². The van der Waals surface area contributed by atoms with Gasteiger partial charge in [0.25, 0.3) is 0 Å². The molecule has 0 aliphatic carbocycles. The van der Waals surface area contributed by atoms with Crippen LogP contribution >= 0.6 is 23.1 Å². The summed E-state index contributed by atoms with van der Waals surface area (Å²) < 4.78 is 0. The number of aryl methyl sites for hydroxylation is 1. The molecular weight excluding hydrogens is 212 g/mol. The second-order valence-corrected chi connectivity index (χ2v) is 5.33. The Bertz CT molecular complexity index is 224. The number of thioether (sulfide) groups is 1. The average molecular weight is 232 g/mol. The van der Waals surface area contributed by atoms with Crippen molar-refractivity contribution >= 4 is 23.1 Å². The van der Waals surface area contributed by atoms with Crippen molar-refractivity contribution in [2.75, 3.05) is 26.4 Å². The molecule has 0 unspecified atom stereocenters. The lowest BCUT2D eigenvalue weighted by Gasteiger charge is -1.94. The summed E-state index contributed by atoms with van der Waals surface area (Å²) in [6.07, 6.45) is 0. The third-order valence-electron chi connectivity index (χ3n) is 1.30. The maximum Gasteiger partial charge on any atom is 0.0279 e. The second kappa shape index (κ2) is 9.52. The molecule has 82 valence electrons. The minimum absolute atomic E-state index is 0.787. The Labute approximate surface area is 95.3 Å². The summed E-state index contributed by atoms with van der Waals surface area (Å²) in [5.41, 5.74) is 5.38. The summed E-state index contributed by atoms with van der Waals surface area (Å²) in [6.45, 7) is 2.93. The van der Waals surface area contributed by atoms with Gasteiger partial charge in [0.15, 0.2) is 0 Å². The zero-order valence-electron chi connectivity index (χ0n) is 9.17. The fraction of sp³-hybridized carbons (Fsp3) is 0.600. The highest BCUT2D eigenvalue weighted by atomic mass is 32.2. The molecule has 0 fully saturated rings. The van der Waals surface area contributed by atoms with Gasteiger partial charge in [-0.15, -0.1) is 11.3 Å². The van der Waals surface area contributed by atoms with E-state index in [0.29, 0.717) is 0 Å². The number of hydrogen-bond acceptors (Lipinski definition) is 4. The Hall–Kier alpha value is -0.0300. The van der Waals surface area contributed by atoms with Gasteiger partial charge in [0, 0.05) is 27.8 Å². The van der Waals surface area contributed by atoms with Gasteiger partial charge < -0.3 is 11.1 Å². The van der Waals surface area contributed by atoms with Gasteiger partial charge >= 0.3 is 0 Å². The lowest BCUT2D eigenvalue weighted by molar-refractivity contribution is 1.02. The maximum absolute atomic E-state index is 5.38. The summed E-state index contributed by atoms with van der Waals surface area (Å²) in [5.74, 6) is 2.19. The Morgan fingerprint density at radius 2 is 2.07 bits per heavy atom. The number of nitrogens with two attached hydrogens (primary N) is 1. The van der Waals surface area contributed by atoms with Crippen molar-refractivity contribution in [3.8, 4) is 0 Å². The quantitative estimate of drug-likeness (QED) is 0.781. The molecular formula is C10H20N2S2. The molecule has 0 aliphatic rings. The summed E-state index contributed by atoms with van der Waals surface area (Å²) >= 11 is 3.78. The van der Waals surface area contributed by atoms with Crippen molar-refractivity contribution in [1.29, 1.82) is 0 Å². The van der Waals surface area contributed by atoms with Crippen LogP contribution in [0.25, 0.3) is 0 Å². The largest absolute Gasteiger partial charge is 0.330 e. The molecule has 3 N–H and O–H groups in total. The van der Waals surface area contributed by atoms with E-state index < -0.39 is 0 Å². The van der Waals surface area contributed by atoms with Gasteiger partial charge in [-0.1, -0.05) is 0 Å². The Kier molecular flexibility index (Phi) is 9.50. The number of hydrogen-bond donors (Lipinski definition) is 2. The maximum atomic E-state index is 5.38. The van der Waals surface area contributed by atoms with Crippen molar-refractivity contribution in [2.24, 2.45) is 5.73 Å². The predicted molar refractivity (Wildman–Crippen MR) is 69.3 cm³/mol. The van der Waals surface area contributed by atoms with Crippen LogP contribution in [0.2, 0.25) is 0 Å². The highest BCUT2D eigenvalue weighted by molar-refractivity contribution is 7.98. The van der Waals surface area contributed by atoms with E-state index in [1.54, 1.807) is 0 Å². The molecule has 1 rings (SSSR count). The van der Waals surface area contributed by atoms with E-state index in [-0.39, 0.29) is 0 Å². The number of nitrogens with one attached hydrogen (secondary N) is 1. The molecule has 0 atom stereocenters. The molecule has 0 amide bonds.